The highest BCUT2D eigenvalue weighted by Gasteiger charge is 2.44. The molecule has 0 fully saturated rings. The van der Waals surface area contributed by atoms with E-state index in [0.29, 0.717) is 6.07 Å². The van der Waals surface area contributed by atoms with E-state index < -0.39 is 68.7 Å². The lowest BCUT2D eigenvalue weighted by Gasteiger charge is -2.41. The van der Waals surface area contributed by atoms with Gasteiger partial charge < -0.3 is 9.84 Å². The van der Waals surface area contributed by atoms with Crippen molar-refractivity contribution in [2.75, 3.05) is 10.8 Å². The Labute approximate surface area is 213 Å². The summed E-state index contributed by atoms with van der Waals surface area (Å²) in [7, 11) is -4.65. The number of hydrogen-bond acceptors (Lipinski definition) is 4. The predicted molar refractivity (Wildman–Crippen MR) is 126 cm³/mol. The minimum absolute atomic E-state index is 0.0122. The van der Waals surface area contributed by atoms with Crippen LogP contribution in [0.25, 0.3) is 11.1 Å². The molecule has 0 amide bonds. The maximum absolute atomic E-state index is 14.5. The highest BCUT2D eigenvalue weighted by Crippen LogP contribution is 2.44. The van der Waals surface area contributed by atoms with E-state index in [1.165, 1.54) is 24.3 Å². The van der Waals surface area contributed by atoms with Gasteiger partial charge in [0.2, 0.25) is 0 Å². The van der Waals surface area contributed by atoms with Gasteiger partial charge in [-0.15, -0.1) is 0 Å². The highest BCUT2D eigenvalue weighted by molar-refractivity contribution is 7.92. The van der Waals surface area contributed by atoms with E-state index in [9.17, 15) is 40.3 Å². The van der Waals surface area contributed by atoms with Crippen LogP contribution >= 0.6 is 0 Å². The number of halogens is 5. The third kappa shape index (κ3) is 4.49. The summed E-state index contributed by atoms with van der Waals surface area (Å²) in [6.07, 6.45) is -2.80. The van der Waals surface area contributed by atoms with E-state index in [1.807, 2.05) is 0 Å². The van der Waals surface area contributed by atoms with Gasteiger partial charge in [0.1, 0.15) is 23.5 Å². The summed E-state index contributed by atoms with van der Waals surface area (Å²) < 4.78 is 103. The van der Waals surface area contributed by atoms with Crippen molar-refractivity contribution >= 4 is 21.7 Å². The van der Waals surface area contributed by atoms with Crippen LogP contribution in [0.3, 0.4) is 0 Å². The fourth-order valence-corrected chi connectivity index (χ4v) is 6.03. The number of fused-ring (bicyclic) bond motifs is 1. The largest absolute Gasteiger partial charge is 0.486 e. The van der Waals surface area contributed by atoms with E-state index in [-0.39, 0.29) is 22.6 Å². The van der Waals surface area contributed by atoms with E-state index in [0.717, 1.165) is 40.7 Å². The summed E-state index contributed by atoms with van der Waals surface area (Å²) >= 11 is 0. The van der Waals surface area contributed by atoms with Crippen molar-refractivity contribution < 1.29 is 45.0 Å². The second-order valence-electron chi connectivity index (χ2n) is 8.85. The van der Waals surface area contributed by atoms with Gasteiger partial charge >= 0.3 is 12.1 Å². The van der Waals surface area contributed by atoms with Gasteiger partial charge in [-0.05, 0) is 54.1 Å². The van der Waals surface area contributed by atoms with Crippen molar-refractivity contribution in [3.8, 4) is 16.9 Å². The molecule has 0 spiro atoms. The molecule has 0 bridgehead atoms. The molecule has 198 valence electrons. The van der Waals surface area contributed by atoms with Gasteiger partial charge in [-0.25, -0.2) is 17.2 Å². The van der Waals surface area contributed by atoms with Gasteiger partial charge in [-0.2, -0.15) is 13.2 Å². The van der Waals surface area contributed by atoms with E-state index >= 15 is 0 Å². The number of benzene rings is 3. The molecular formula is C26H18F5NO5S. The second-order valence-corrected chi connectivity index (χ2v) is 10.7. The van der Waals surface area contributed by atoms with Crippen molar-refractivity contribution in [2.24, 2.45) is 11.8 Å². The van der Waals surface area contributed by atoms with Crippen LogP contribution in [0.1, 0.15) is 5.56 Å². The Kier molecular flexibility index (Phi) is 6.17. The fraction of sp³-hybridized carbons (Fsp3) is 0.192. The zero-order valence-electron chi connectivity index (χ0n) is 19.2. The normalized spacial score (nSPS) is 20.9. The maximum atomic E-state index is 14.5. The number of carbonyl (C=O) groups is 1. The molecule has 2 aliphatic rings. The Morgan fingerprint density at radius 2 is 1.76 bits per heavy atom. The number of carboxylic acid groups (broad SMARTS) is 1. The van der Waals surface area contributed by atoms with Crippen molar-refractivity contribution in [1.82, 2.24) is 0 Å². The standard InChI is InChI=1S/C26H18F5NO5S/c27-16-5-8-21(28)20(12-16)14-4-9-23-22(10-14)32(13-24(37-23)18-6-7-19(18)25(33)34)38(35,36)17-3-1-2-15(11-17)26(29,30)31/h1-12,18-19,24H,13H2,(H,33,34)/t18-,19-,24+/m0/s1. The summed E-state index contributed by atoms with van der Waals surface area (Å²) in [4.78, 5) is 10.9. The smallest absolute Gasteiger partial charge is 0.416 e. The predicted octanol–water partition coefficient (Wildman–Crippen LogP) is 5.49. The summed E-state index contributed by atoms with van der Waals surface area (Å²) in [5, 5.41) is 9.44. The average molecular weight is 551 g/mol. The molecule has 0 aromatic heterocycles. The molecule has 0 saturated heterocycles. The Hall–Kier alpha value is -3.93. The van der Waals surface area contributed by atoms with Crippen molar-refractivity contribution in [3.05, 3.63) is 90.0 Å². The van der Waals surface area contributed by atoms with Crippen LogP contribution in [0.15, 0.2) is 77.7 Å². The number of sulfonamides is 1. The third-order valence-electron chi connectivity index (χ3n) is 6.51. The molecule has 38 heavy (non-hydrogen) atoms. The number of anilines is 1. The van der Waals surface area contributed by atoms with Gasteiger partial charge in [-0.3, -0.25) is 9.10 Å². The third-order valence-corrected chi connectivity index (χ3v) is 8.29. The van der Waals surface area contributed by atoms with Gasteiger partial charge in [0.15, 0.2) is 0 Å². The molecule has 1 aliphatic carbocycles. The monoisotopic (exact) mass is 551 g/mol. The quantitative estimate of drug-likeness (QED) is 0.335. The first-order valence-electron chi connectivity index (χ1n) is 11.2. The lowest BCUT2D eigenvalue weighted by atomic mass is 9.78. The van der Waals surface area contributed by atoms with E-state index in [1.54, 1.807) is 6.08 Å². The molecule has 0 radical (unpaired) electrons. The lowest BCUT2D eigenvalue weighted by molar-refractivity contribution is -0.143. The molecule has 0 unspecified atom stereocenters. The molecule has 6 nitrogen and oxygen atoms in total. The summed E-state index contributed by atoms with van der Waals surface area (Å²) in [6.45, 7) is -0.431. The zero-order valence-corrected chi connectivity index (χ0v) is 20.0. The van der Waals surface area contributed by atoms with Gasteiger partial charge in [0, 0.05) is 11.5 Å². The van der Waals surface area contributed by atoms with Crippen LogP contribution in [-0.4, -0.2) is 32.1 Å². The molecule has 3 aromatic carbocycles. The Bertz CT molecular complexity index is 1570. The number of hydrogen-bond donors (Lipinski definition) is 1. The Morgan fingerprint density at radius 3 is 2.42 bits per heavy atom. The minimum Gasteiger partial charge on any atom is -0.486 e. The first-order valence-corrected chi connectivity index (χ1v) is 12.7. The topological polar surface area (TPSA) is 83.9 Å². The van der Waals surface area contributed by atoms with Crippen LogP contribution in [0.5, 0.6) is 5.75 Å². The SMILES string of the molecule is O=C(O)[C@H]1C=C[C@@H]1[C@H]1CN(S(=O)(=O)c2cccc(C(F)(F)F)c2)c2cc(-c3cc(F)ccc3F)ccc2O1. The van der Waals surface area contributed by atoms with Crippen molar-refractivity contribution in [1.29, 1.82) is 0 Å². The van der Waals surface area contributed by atoms with Crippen LogP contribution in [0.2, 0.25) is 0 Å². The van der Waals surface area contributed by atoms with Crippen molar-refractivity contribution in [3.63, 3.8) is 0 Å². The molecule has 0 saturated carbocycles. The number of alkyl halides is 3. The molecular weight excluding hydrogens is 533 g/mol. The molecule has 1 N–H and O–H groups in total. The summed E-state index contributed by atoms with van der Waals surface area (Å²) in [5.74, 6) is -4.32. The van der Waals surface area contributed by atoms with Gasteiger partial charge in [0.25, 0.3) is 10.0 Å². The maximum Gasteiger partial charge on any atom is 0.416 e. The first kappa shape index (κ1) is 25.7. The Balaban J connectivity index is 1.64. The zero-order chi connectivity index (χ0) is 27.4. The molecule has 1 aliphatic heterocycles. The van der Waals surface area contributed by atoms with E-state index in [4.69, 9.17) is 4.74 Å². The van der Waals surface area contributed by atoms with Crippen LogP contribution in [0.4, 0.5) is 27.6 Å². The highest BCUT2D eigenvalue weighted by atomic mass is 32.2. The molecule has 12 heteroatoms. The second kappa shape index (κ2) is 9.12. The first-order chi connectivity index (χ1) is 17.9. The molecule has 3 atom stereocenters. The summed E-state index contributed by atoms with van der Waals surface area (Å²) in [6, 6.07) is 9.88. The average Bonchev–Trinajstić information content (AvgIpc) is 2.83. The number of nitrogens with zero attached hydrogens (tertiary/aromatic N) is 1. The van der Waals surface area contributed by atoms with Crippen LogP contribution in [-0.2, 0) is 21.0 Å². The molecule has 5 rings (SSSR count). The van der Waals surface area contributed by atoms with E-state index in [2.05, 4.69) is 0 Å². The number of carboxylic acids is 1. The molecule has 1 heterocycles. The van der Waals surface area contributed by atoms with Gasteiger partial charge in [-0.1, -0.05) is 24.3 Å². The fourth-order valence-electron chi connectivity index (χ4n) is 4.50. The van der Waals surface area contributed by atoms with Gasteiger partial charge in [0.05, 0.1) is 28.6 Å². The number of ether oxygens (including phenoxy) is 1. The number of aliphatic carboxylic acids is 1. The molecule has 3 aromatic rings. The summed E-state index contributed by atoms with van der Waals surface area (Å²) in [5.41, 5.74) is -1.36. The lowest BCUT2D eigenvalue weighted by Crippen LogP contribution is -2.50. The van der Waals surface area contributed by atoms with Crippen LogP contribution < -0.4 is 9.04 Å². The van der Waals surface area contributed by atoms with Crippen molar-refractivity contribution in [2.45, 2.75) is 17.2 Å². The number of rotatable bonds is 5. The Morgan fingerprint density at radius 1 is 1.00 bits per heavy atom. The minimum atomic E-state index is -4.80. The van der Waals surface area contributed by atoms with Crippen LogP contribution in [0, 0.1) is 23.5 Å².